The molecule has 0 spiro atoms. The molecule has 0 amide bonds. The number of hydrogen-bond donors (Lipinski definition) is 0. The summed E-state index contributed by atoms with van der Waals surface area (Å²) in [4.78, 5) is 20.8. The standard InChI is InChI=1S/C17H19N5O2.C6H8N2/c1-10-4-5-13(24-10)14-15-16(19-12(3)11(2)18-15)21-17(20-14)22-6-8-23-9-7-22;1-4-7-8(5-1)6-2-3-6/h4-5H,6-9H2,1-3H3;1,4-6H,2-3H2. The fraction of sp³-hybridized carbons (Fsp3) is 0.435. The molecule has 9 nitrogen and oxygen atoms in total. The van der Waals surface area contributed by atoms with Gasteiger partial charge in [-0.1, -0.05) is 0 Å². The van der Waals surface area contributed by atoms with Gasteiger partial charge >= 0.3 is 0 Å². The van der Waals surface area contributed by atoms with Crippen molar-refractivity contribution in [2.45, 2.75) is 39.7 Å². The fourth-order valence-corrected chi connectivity index (χ4v) is 3.57. The van der Waals surface area contributed by atoms with Crippen LogP contribution < -0.4 is 4.90 Å². The van der Waals surface area contributed by atoms with Crippen LogP contribution in [-0.2, 0) is 4.74 Å². The number of aryl methyl sites for hydroxylation is 3. The number of fused-ring (bicyclic) bond motifs is 1. The van der Waals surface area contributed by atoms with Crippen molar-refractivity contribution in [3.05, 3.63) is 47.7 Å². The van der Waals surface area contributed by atoms with E-state index in [0.717, 1.165) is 36.3 Å². The van der Waals surface area contributed by atoms with E-state index < -0.39 is 0 Å². The quantitative estimate of drug-likeness (QED) is 0.483. The number of anilines is 1. The van der Waals surface area contributed by atoms with E-state index in [0.29, 0.717) is 41.8 Å². The molecule has 1 saturated heterocycles. The number of aromatic nitrogens is 6. The number of hydrogen-bond acceptors (Lipinski definition) is 8. The van der Waals surface area contributed by atoms with Gasteiger partial charge < -0.3 is 14.1 Å². The maximum atomic E-state index is 5.79. The van der Waals surface area contributed by atoms with Crippen LogP contribution in [0.25, 0.3) is 22.6 Å². The molecule has 32 heavy (non-hydrogen) atoms. The highest BCUT2D eigenvalue weighted by Gasteiger charge is 2.23. The van der Waals surface area contributed by atoms with Crippen molar-refractivity contribution in [2.24, 2.45) is 0 Å². The molecule has 0 N–H and O–H groups in total. The van der Waals surface area contributed by atoms with Crippen LogP contribution in [-0.4, -0.2) is 56.0 Å². The van der Waals surface area contributed by atoms with E-state index >= 15 is 0 Å². The first-order valence-electron chi connectivity index (χ1n) is 11.0. The van der Waals surface area contributed by atoms with Gasteiger partial charge in [0, 0.05) is 25.5 Å². The molecule has 5 heterocycles. The second-order valence-electron chi connectivity index (χ2n) is 8.17. The van der Waals surface area contributed by atoms with Crippen LogP contribution in [0.4, 0.5) is 5.95 Å². The molecule has 0 unspecified atom stereocenters. The Morgan fingerprint density at radius 2 is 1.72 bits per heavy atom. The topological polar surface area (TPSA) is 95.0 Å². The summed E-state index contributed by atoms with van der Waals surface area (Å²) in [6.45, 7) is 8.67. The molecule has 166 valence electrons. The summed E-state index contributed by atoms with van der Waals surface area (Å²) in [6.07, 6.45) is 6.50. The molecule has 4 aromatic heterocycles. The van der Waals surface area contributed by atoms with Gasteiger partial charge in [0.1, 0.15) is 17.0 Å². The van der Waals surface area contributed by atoms with E-state index in [9.17, 15) is 0 Å². The lowest BCUT2D eigenvalue weighted by Crippen LogP contribution is -2.37. The average Bonchev–Trinajstić information content (AvgIpc) is 3.32. The van der Waals surface area contributed by atoms with Crippen LogP contribution in [0.15, 0.2) is 35.0 Å². The van der Waals surface area contributed by atoms with E-state index in [1.54, 1.807) is 0 Å². The molecule has 2 fully saturated rings. The molecule has 9 heteroatoms. The van der Waals surface area contributed by atoms with Crippen molar-refractivity contribution >= 4 is 17.1 Å². The van der Waals surface area contributed by atoms with Crippen molar-refractivity contribution in [3.8, 4) is 11.5 Å². The Kier molecular flexibility index (Phi) is 5.57. The Morgan fingerprint density at radius 3 is 2.38 bits per heavy atom. The van der Waals surface area contributed by atoms with Crippen LogP contribution in [0.5, 0.6) is 0 Å². The van der Waals surface area contributed by atoms with Crippen molar-refractivity contribution in [3.63, 3.8) is 0 Å². The lowest BCUT2D eigenvalue weighted by molar-refractivity contribution is 0.122. The predicted molar refractivity (Wildman–Crippen MR) is 121 cm³/mol. The SMILES string of the molecule is Cc1ccc(-c2nc(N3CCOCC3)nc3nc(C)c(C)nc23)o1.c1cnn(C2CC2)c1. The van der Waals surface area contributed by atoms with Gasteiger partial charge in [-0.05, 0) is 51.8 Å². The zero-order chi connectivity index (χ0) is 22.1. The number of ether oxygens (including phenoxy) is 1. The Morgan fingerprint density at radius 1 is 0.938 bits per heavy atom. The first kappa shape index (κ1) is 20.6. The van der Waals surface area contributed by atoms with E-state index in [4.69, 9.17) is 14.1 Å². The number of furan rings is 1. The first-order valence-corrected chi connectivity index (χ1v) is 11.0. The maximum Gasteiger partial charge on any atom is 0.228 e. The molecule has 0 aromatic carbocycles. The highest BCUT2D eigenvalue weighted by atomic mass is 16.5. The van der Waals surface area contributed by atoms with Gasteiger partial charge in [-0.15, -0.1) is 0 Å². The van der Waals surface area contributed by atoms with Crippen LogP contribution in [0, 0.1) is 20.8 Å². The summed E-state index contributed by atoms with van der Waals surface area (Å²) in [5.41, 5.74) is 3.69. The van der Waals surface area contributed by atoms with Gasteiger partial charge in [0.15, 0.2) is 11.4 Å². The Balaban J connectivity index is 0.000000225. The van der Waals surface area contributed by atoms with Gasteiger partial charge in [0.25, 0.3) is 0 Å². The number of nitrogens with zero attached hydrogens (tertiary/aromatic N) is 7. The minimum absolute atomic E-state index is 0.596. The van der Waals surface area contributed by atoms with Gasteiger partial charge in [0.2, 0.25) is 5.95 Å². The van der Waals surface area contributed by atoms with Gasteiger partial charge in [-0.3, -0.25) is 4.68 Å². The van der Waals surface area contributed by atoms with E-state index in [2.05, 4.69) is 25.0 Å². The molecule has 1 saturated carbocycles. The maximum absolute atomic E-state index is 5.79. The zero-order valence-corrected chi connectivity index (χ0v) is 18.7. The smallest absolute Gasteiger partial charge is 0.228 e. The summed E-state index contributed by atoms with van der Waals surface area (Å²) in [7, 11) is 0. The number of morpholine rings is 1. The number of rotatable bonds is 3. The minimum Gasteiger partial charge on any atom is -0.460 e. The lowest BCUT2D eigenvalue weighted by Gasteiger charge is -2.27. The van der Waals surface area contributed by atoms with Crippen LogP contribution in [0.1, 0.15) is 36.0 Å². The van der Waals surface area contributed by atoms with Crippen LogP contribution in [0.3, 0.4) is 0 Å². The second kappa shape index (κ2) is 8.66. The third-order valence-electron chi connectivity index (χ3n) is 5.64. The van der Waals surface area contributed by atoms with Crippen LogP contribution in [0.2, 0.25) is 0 Å². The Hall–Kier alpha value is -3.33. The summed E-state index contributed by atoms with van der Waals surface area (Å²) in [6, 6.07) is 6.55. The van der Waals surface area contributed by atoms with Gasteiger partial charge in [-0.25, -0.2) is 15.0 Å². The predicted octanol–water partition coefficient (Wildman–Crippen LogP) is 3.66. The molecule has 1 aliphatic carbocycles. The van der Waals surface area contributed by atoms with Crippen molar-refractivity contribution < 1.29 is 9.15 Å². The van der Waals surface area contributed by atoms with Gasteiger partial charge in [-0.2, -0.15) is 10.1 Å². The van der Waals surface area contributed by atoms with Gasteiger partial charge in [0.05, 0.1) is 30.6 Å². The molecule has 6 rings (SSSR count). The van der Waals surface area contributed by atoms with E-state index in [1.807, 2.05) is 56.0 Å². The zero-order valence-electron chi connectivity index (χ0n) is 18.7. The van der Waals surface area contributed by atoms with E-state index in [-0.39, 0.29) is 0 Å². The van der Waals surface area contributed by atoms with Crippen molar-refractivity contribution in [1.82, 2.24) is 29.7 Å². The molecular formula is C23H27N7O2. The summed E-state index contributed by atoms with van der Waals surface area (Å²) in [5, 5.41) is 4.09. The Bertz CT molecular complexity index is 1210. The average molecular weight is 434 g/mol. The summed E-state index contributed by atoms with van der Waals surface area (Å²) in [5.74, 6) is 2.17. The Labute approximate surface area is 186 Å². The summed E-state index contributed by atoms with van der Waals surface area (Å²) >= 11 is 0. The summed E-state index contributed by atoms with van der Waals surface area (Å²) < 4.78 is 13.2. The van der Waals surface area contributed by atoms with Crippen LogP contribution >= 0.6 is 0 Å². The molecular weight excluding hydrogens is 406 g/mol. The molecule has 1 aliphatic heterocycles. The normalized spacial score (nSPS) is 16.2. The van der Waals surface area contributed by atoms with Crippen molar-refractivity contribution in [1.29, 1.82) is 0 Å². The lowest BCUT2D eigenvalue weighted by atomic mass is 10.2. The molecule has 0 atom stereocenters. The second-order valence-corrected chi connectivity index (χ2v) is 8.17. The fourth-order valence-electron chi connectivity index (χ4n) is 3.57. The molecule has 4 aromatic rings. The largest absolute Gasteiger partial charge is 0.460 e. The molecule has 0 bridgehead atoms. The van der Waals surface area contributed by atoms with E-state index in [1.165, 1.54) is 12.8 Å². The minimum atomic E-state index is 0.596. The third kappa shape index (κ3) is 4.34. The van der Waals surface area contributed by atoms with Crippen molar-refractivity contribution in [2.75, 3.05) is 31.2 Å². The molecule has 2 aliphatic rings. The highest BCUT2D eigenvalue weighted by Crippen LogP contribution is 2.33. The molecule has 0 radical (unpaired) electrons. The third-order valence-corrected chi connectivity index (χ3v) is 5.64. The highest BCUT2D eigenvalue weighted by molar-refractivity contribution is 5.86. The first-order chi connectivity index (χ1) is 15.6. The monoisotopic (exact) mass is 433 g/mol.